The van der Waals surface area contributed by atoms with E-state index >= 15 is 0 Å². The van der Waals surface area contributed by atoms with Crippen LogP contribution in [-0.4, -0.2) is 34.9 Å². The molecule has 0 saturated carbocycles. The smallest absolute Gasteiger partial charge is 0.332 e. The maximum Gasteiger partial charge on any atom is 0.332 e. The molecule has 0 spiro atoms. The highest BCUT2D eigenvalue weighted by atomic mass is 32.2. The first-order valence-electron chi connectivity index (χ1n) is 6.68. The molecule has 4 nitrogen and oxygen atoms in total. The topological polar surface area (TPSA) is 41.9 Å². The average molecular weight is 288 g/mol. The summed E-state index contributed by atoms with van der Waals surface area (Å²) in [6.07, 6.45) is 1.59. The zero-order chi connectivity index (χ0) is 13.9. The Bertz CT molecular complexity index is 568. The van der Waals surface area contributed by atoms with E-state index in [4.69, 9.17) is 9.73 Å². The molecule has 0 aromatic heterocycles. The van der Waals surface area contributed by atoms with Gasteiger partial charge in [-0.2, -0.15) is 0 Å². The Labute approximate surface area is 122 Å². The van der Waals surface area contributed by atoms with Crippen molar-refractivity contribution in [2.75, 3.05) is 18.9 Å². The monoisotopic (exact) mass is 288 g/mol. The van der Waals surface area contributed by atoms with Gasteiger partial charge in [-0.3, -0.25) is 4.99 Å². The van der Waals surface area contributed by atoms with Crippen molar-refractivity contribution in [3.8, 4) is 0 Å². The summed E-state index contributed by atoms with van der Waals surface area (Å²) in [5.41, 5.74) is 2.20. The zero-order valence-electron chi connectivity index (χ0n) is 11.3. The second-order valence-electron chi connectivity index (χ2n) is 4.63. The van der Waals surface area contributed by atoms with Gasteiger partial charge in [0.2, 0.25) is 0 Å². The minimum atomic E-state index is -0.271. The molecule has 1 atom stereocenters. The Morgan fingerprint density at radius 1 is 1.50 bits per heavy atom. The predicted octanol–water partition coefficient (Wildman–Crippen LogP) is 2.59. The highest BCUT2D eigenvalue weighted by molar-refractivity contribution is 8.14. The van der Waals surface area contributed by atoms with Crippen LogP contribution < -0.4 is 0 Å². The number of fused-ring (bicyclic) bond motifs is 1. The molecule has 0 aliphatic carbocycles. The maximum atomic E-state index is 11.6. The van der Waals surface area contributed by atoms with E-state index < -0.39 is 0 Å². The molecular formula is C15H16N2O2S. The number of carbonyl (C=O) groups is 1. The number of benzene rings is 1. The van der Waals surface area contributed by atoms with Crippen LogP contribution in [-0.2, 0) is 9.53 Å². The first-order chi connectivity index (χ1) is 9.78. The molecule has 20 heavy (non-hydrogen) atoms. The summed E-state index contributed by atoms with van der Waals surface area (Å²) >= 11 is 1.68. The Morgan fingerprint density at radius 3 is 3.05 bits per heavy atom. The maximum absolute atomic E-state index is 11.6. The molecule has 1 aromatic rings. The Balaban J connectivity index is 1.75. The van der Waals surface area contributed by atoms with Crippen LogP contribution in [0.25, 0.3) is 0 Å². The summed E-state index contributed by atoms with van der Waals surface area (Å²) in [4.78, 5) is 18.4. The van der Waals surface area contributed by atoms with Crippen LogP contribution in [0.3, 0.4) is 0 Å². The summed E-state index contributed by atoms with van der Waals surface area (Å²) in [6.45, 7) is 3.02. The average Bonchev–Trinajstić information content (AvgIpc) is 3.02. The number of thioether (sulfide) groups is 1. The first-order valence-corrected chi connectivity index (χ1v) is 7.67. The van der Waals surface area contributed by atoms with Crippen molar-refractivity contribution in [1.29, 1.82) is 0 Å². The quantitative estimate of drug-likeness (QED) is 0.633. The van der Waals surface area contributed by atoms with Crippen molar-refractivity contribution in [1.82, 2.24) is 4.90 Å². The van der Waals surface area contributed by atoms with Gasteiger partial charge in [0.15, 0.2) is 5.17 Å². The third-order valence-electron chi connectivity index (χ3n) is 3.30. The normalized spacial score (nSPS) is 22.9. The number of rotatable bonds is 3. The summed E-state index contributed by atoms with van der Waals surface area (Å²) in [7, 11) is 0. The van der Waals surface area contributed by atoms with Crippen molar-refractivity contribution in [3.05, 3.63) is 47.7 Å². The standard InChI is InChI=1S/C15H16N2O2S/c1-2-19-14(18)8-12-10-20-15-16-13(9-17(12)15)11-6-4-3-5-7-11/h3-8,13H,2,9-10H2,1H3/b12-8+. The Kier molecular flexibility index (Phi) is 3.78. The fourth-order valence-corrected chi connectivity index (χ4v) is 3.43. The number of aliphatic imine (C=N–C) groups is 1. The number of ether oxygens (including phenoxy) is 1. The number of carbonyl (C=O) groups excluding carboxylic acids is 1. The molecule has 2 aliphatic heterocycles. The SMILES string of the molecule is CCOC(=O)/C=C1\CSC2=NC(c3ccccc3)CN21. The molecule has 2 aliphatic rings. The van der Waals surface area contributed by atoms with Crippen LogP contribution in [0.1, 0.15) is 18.5 Å². The minimum Gasteiger partial charge on any atom is -0.463 e. The van der Waals surface area contributed by atoms with E-state index in [9.17, 15) is 4.79 Å². The van der Waals surface area contributed by atoms with Gasteiger partial charge < -0.3 is 9.64 Å². The van der Waals surface area contributed by atoms with Crippen LogP contribution in [0, 0.1) is 0 Å². The number of hydrogen-bond donors (Lipinski definition) is 0. The third-order valence-corrected chi connectivity index (χ3v) is 4.33. The molecule has 1 fully saturated rings. The van der Waals surface area contributed by atoms with Gasteiger partial charge in [0.25, 0.3) is 0 Å². The molecule has 0 N–H and O–H groups in total. The molecule has 3 rings (SSSR count). The summed E-state index contributed by atoms with van der Waals surface area (Å²) in [5.74, 6) is 0.520. The van der Waals surface area contributed by atoms with Crippen LogP contribution in [0.5, 0.6) is 0 Å². The van der Waals surface area contributed by atoms with Gasteiger partial charge in [-0.15, -0.1) is 0 Å². The van der Waals surface area contributed by atoms with Gasteiger partial charge in [0.1, 0.15) is 0 Å². The molecular weight excluding hydrogens is 272 g/mol. The van der Waals surface area contributed by atoms with E-state index in [1.807, 2.05) is 25.1 Å². The van der Waals surface area contributed by atoms with Crippen molar-refractivity contribution in [2.24, 2.45) is 4.99 Å². The number of esters is 1. The van der Waals surface area contributed by atoms with E-state index in [1.165, 1.54) is 5.56 Å². The van der Waals surface area contributed by atoms with Crippen molar-refractivity contribution < 1.29 is 9.53 Å². The first kappa shape index (κ1) is 13.2. The number of amidine groups is 1. The van der Waals surface area contributed by atoms with Crippen LogP contribution >= 0.6 is 11.8 Å². The van der Waals surface area contributed by atoms with Gasteiger partial charge in [0.05, 0.1) is 19.2 Å². The van der Waals surface area contributed by atoms with Gasteiger partial charge in [-0.05, 0) is 12.5 Å². The minimum absolute atomic E-state index is 0.157. The van der Waals surface area contributed by atoms with Crippen LogP contribution in [0.15, 0.2) is 47.1 Å². The Morgan fingerprint density at radius 2 is 2.30 bits per heavy atom. The van der Waals surface area contributed by atoms with Crippen molar-refractivity contribution in [2.45, 2.75) is 13.0 Å². The summed E-state index contributed by atoms with van der Waals surface area (Å²) in [5, 5.41) is 1.01. The van der Waals surface area contributed by atoms with E-state index in [1.54, 1.807) is 17.8 Å². The van der Waals surface area contributed by atoms with E-state index in [0.29, 0.717) is 6.61 Å². The molecule has 1 unspecified atom stereocenters. The predicted molar refractivity (Wildman–Crippen MR) is 80.5 cm³/mol. The lowest BCUT2D eigenvalue weighted by Crippen LogP contribution is -2.21. The lowest BCUT2D eigenvalue weighted by molar-refractivity contribution is -0.137. The largest absolute Gasteiger partial charge is 0.463 e. The van der Waals surface area contributed by atoms with E-state index in [2.05, 4.69) is 17.0 Å². The van der Waals surface area contributed by atoms with Gasteiger partial charge in [-0.25, -0.2) is 4.79 Å². The molecule has 1 saturated heterocycles. The molecule has 2 heterocycles. The molecule has 5 heteroatoms. The van der Waals surface area contributed by atoms with E-state index in [0.717, 1.165) is 23.2 Å². The van der Waals surface area contributed by atoms with E-state index in [-0.39, 0.29) is 12.0 Å². The van der Waals surface area contributed by atoms with Crippen LogP contribution in [0.2, 0.25) is 0 Å². The lowest BCUT2D eigenvalue weighted by Gasteiger charge is -2.15. The lowest BCUT2D eigenvalue weighted by atomic mass is 10.1. The summed E-state index contributed by atoms with van der Waals surface area (Å²) in [6, 6.07) is 10.4. The third kappa shape index (κ3) is 2.58. The molecule has 104 valence electrons. The van der Waals surface area contributed by atoms with Gasteiger partial charge in [-0.1, -0.05) is 42.1 Å². The van der Waals surface area contributed by atoms with Gasteiger partial charge >= 0.3 is 5.97 Å². The summed E-state index contributed by atoms with van der Waals surface area (Å²) < 4.78 is 4.97. The zero-order valence-corrected chi connectivity index (χ0v) is 12.1. The van der Waals surface area contributed by atoms with Crippen molar-refractivity contribution >= 4 is 22.9 Å². The fourth-order valence-electron chi connectivity index (χ4n) is 2.36. The van der Waals surface area contributed by atoms with Gasteiger partial charge in [0, 0.05) is 17.5 Å². The molecule has 0 radical (unpaired) electrons. The Hall–Kier alpha value is -1.75. The molecule has 0 amide bonds. The number of hydrogen-bond acceptors (Lipinski definition) is 5. The van der Waals surface area contributed by atoms with Crippen molar-refractivity contribution in [3.63, 3.8) is 0 Å². The second-order valence-corrected chi connectivity index (χ2v) is 5.57. The highest BCUT2D eigenvalue weighted by Crippen LogP contribution is 2.37. The molecule has 1 aromatic carbocycles. The second kappa shape index (κ2) is 5.71. The fraction of sp³-hybridized carbons (Fsp3) is 0.333. The number of nitrogens with zero attached hydrogens (tertiary/aromatic N) is 2. The highest BCUT2D eigenvalue weighted by Gasteiger charge is 2.34. The van der Waals surface area contributed by atoms with Crippen LogP contribution in [0.4, 0.5) is 0 Å². The molecule has 0 bridgehead atoms.